The van der Waals surface area contributed by atoms with Crippen molar-refractivity contribution in [3.05, 3.63) is 24.6 Å². The Kier molecular flexibility index (Phi) is 4.78. The lowest BCUT2D eigenvalue weighted by atomic mass is 10.3. The first-order valence-electron chi connectivity index (χ1n) is 4.70. The summed E-state index contributed by atoms with van der Waals surface area (Å²) in [5, 5.41) is 0. The Morgan fingerprint density at radius 2 is 2.07 bits per heavy atom. The third kappa shape index (κ3) is 3.62. The first-order chi connectivity index (χ1) is 6.84. The van der Waals surface area contributed by atoms with Crippen molar-refractivity contribution in [2.45, 2.75) is 13.3 Å². The predicted molar refractivity (Wildman–Crippen MR) is 52.6 cm³/mol. The fourth-order valence-corrected chi connectivity index (χ4v) is 1.01. The van der Waals surface area contributed by atoms with E-state index in [-0.39, 0.29) is 6.09 Å². The van der Waals surface area contributed by atoms with Crippen molar-refractivity contribution in [2.24, 2.45) is 0 Å². The Morgan fingerprint density at radius 1 is 1.36 bits per heavy atom. The van der Waals surface area contributed by atoms with Gasteiger partial charge in [0, 0.05) is 19.0 Å². The van der Waals surface area contributed by atoms with E-state index in [0.717, 1.165) is 6.42 Å². The van der Waals surface area contributed by atoms with E-state index < -0.39 is 0 Å². The minimum Gasteiger partial charge on any atom is -0.446 e. The molecule has 78 valence electrons. The lowest BCUT2D eigenvalue weighted by molar-refractivity contribution is 0.0705. The fourth-order valence-electron chi connectivity index (χ4n) is 1.01. The standard InChI is InChI=1S/C10H15NO3/c1-2-13-8-9-14-10(12)11-6-4-3-5-7-11/h4-7H,2-3,8-9H2,1H3. The van der Waals surface area contributed by atoms with Gasteiger partial charge in [-0.25, -0.2) is 4.79 Å². The highest BCUT2D eigenvalue weighted by molar-refractivity contribution is 5.70. The van der Waals surface area contributed by atoms with Gasteiger partial charge >= 0.3 is 6.09 Å². The van der Waals surface area contributed by atoms with Gasteiger partial charge in [-0.05, 0) is 13.3 Å². The zero-order valence-corrected chi connectivity index (χ0v) is 8.31. The molecule has 0 radical (unpaired) electrons. The number of carbonyl (C=O) groups excluding carboxylic acids is 1. The van der Waals surface area contributed by atoms with Gasteiger partial charge in [0.25, 0.3) is 0 Å². The van der Waals surface area contributed by atoms with Gasteiger partial charge in [0.15, 0.2) is 0 Å². The van der Waals surface area contributed by atoms with Gasteiger partial charge < -0.3 is 9.47 Å². The number of allylic oxidation sites excluding steroid dienone is 2. The molecule has 0 aromatic carbocycles. The summed E-state index contributed by atoms with van der Waals surface area (Å²) in [5.41, 5.74) is 0. The number of carbonyl (C=O) groups is 1. The SMILES string of the molecule is CCOCCOC(=O)N1C=CCC=C1. The molecule has 1 rings (SSSR count). The van der Waals surface area contributed by atoms with Crippen LogP contribution in [0.15, 0.2) is 24.6 Å². The van der Waals surface area contributed by atoms with Gasteiger partial charge in [0.05, 0.1) is 6.61 Å². The molecule has 1 heterocycles. The molecule has 0 spiro atoms. The molecule has 14 heavy (non-hydrogen) atoms. The number of nitrogens with zero attached hydrogens (tertiary/aromatic N) is 1. The zero-order chi connectivity index (χ0) is 10.2. The molecular formula is C10H15NO3. The Balaban J connectivity index is 2.17. The maximum absolute atomic E-state index is 11.3. The molecule has 1 amide bonds. The molecule has 4 nitrogen and oxygen atoms in total. The van der Waals surface area contributed by atoms with Crippen LogP contribution in [-0.2, 0) is 9.47 Å². The van der Waals surface area contributed by atoms with Crippen LogP contribution in [0.4, 0.5) is 4.79 Å². The van der Waals surface area contributed by atoms with E-state index in [1.165, 1.54) is 4.90 Å². The summed E-state index contributed by atoms with van der Waals surface area (Å²) in [4.78, 5) is 12.7. The molecule has 1 aliphatic rings. The van der Waals surface area contributed by atoms with Crippen molar-refractivity contribution < 1.29 is 14.3 Å². The molecule has 0 aliphatic carbocycles. The van der Waals surface area contributed by atoms with Crippen LogP contribution in [0.1, 0.15) is 13.3 Å². The Morgan fingerprint density at radius 3 is 2.71 bits per heavy atom. The summed E-state index contributed by atoms with van der Waals surface area (Å²) >= 11 is 0. The largest absolute Gasteiger partial charge is 0.446 e. The van der Waals surface area contributed by atoms with Crippen LogP contribution in [0.5, 0.6) is 0 Å². The van der Waals surface area contributed by atoms with E-state index in [9.17, 15) is 4.79 Å². The van der Waals surface area contributed by atoms with Gasteiger partial charge in [0.1, 0.15) is 6.61 Å². The Labute approximate surface area is 83.8 Å². The van der Waals surface area contributed by atoms with Crippen LogP contribution in [0.3, 0.4) is 0 Å². The number of hydrogen-bond donors (Lipinski definition) is 0. The average Bonchev–Trinajstić information content (AvgIpc) is 2.25. The molecule has 0 saturated heterocycles. The fraction of sp³-hybridized carbons (Fsp3) is 0.500. The van der Waals surface area contributed by atoms with E-state index >= 15 is 0 Å². The second-order valence-corrected chi connectivity index (χ2v) is 2.72. The monoisotopic (exact) mass is 197 g/mol. The van der Waals surface area contributed by atoms with Gasteiger partial charge in [-0.3, -0.25) is 4.90 Å². The molecule has 0 atom stereocenters. The van der Waals surface area contributed by atoms with Gasteiger partial charge in [0.2, 0.25) is 0 Å². The maximum atomic E-state index is 11.3. The predicted octanol–water partition coefficient (Wildman–Crippen LogP) is 1.89. The summed E-state index contributed by atoms with van der Waals surface area (Å²) in [6.45, 7) is 3.29. The second-order valence-electron chi connectivity index (χ2n) is 2.72. The number of ether oxygens (including phenoxy) is 2. The van der Waals surface area contributed by atoms with Crippen molar-refractivity contribution in [1.82, 2.24) is 4.90 Å². The lowest BCUT2D eigenvalue weighted by Crippen LogP contribution is -2.23. The molecule has 4 heteroatoms. The smallest absolute Gasteiger partial charge is 0.418 e. The van der Waals surface area contributed by atoms with Crippen molar-refractivity contribution in [2.75, 3.05) is 19.8 Å². The maximum Gasteiger partial charge on any atom is 0.418 e. The van der Waals surface area contributed by atoms with Gasteiger partial charge in [-0.2, -0.15) is 0 Å². The van der Waals surface area contributed by atoms with Gasteiger partial charge in [-0.1, -0.05) is 12.2 Å². The third-order valence-electron chi connectivity index (χ3n) is 1.67. The summed E-state index contributed by atoms with van der Waals surface area (Å²) in [5.74, 6) is 0. The first kappa shape index (κ1) is 10.8. The summed E-state index contributed by atoms with van der Waals surface area (Å²) in [7, 11) is 0. The molecule has 0 aromatic rings. The van der Waals surface area contributed by atoms with Crippen LogP contribution >= 0.6 is 0 Å². The summed E-state index contributed by atoms with van der Waals surface area (Å²) in [6, 6.07) is 0. The zero-order valence-electron chi connectivity index (χ0n) is 8.31. The molecule has 1 aliphatic heterocycles. The lowest BCUT2D eigenvalue weighted by Gasteiger charge is -2.15. The molecular weight excluding hydrogens is 182 g/mol. The highest BCUT2D eigenvalue weighted by Crippen LogP contribution is 2.04. The quantitative estimate of drug-likeness (QED) is 0.646. The van der Waals surface area contributed by atoms with Gasteiger partial charge in [-0.15, -0.1) is 0 Å². The summed E-state index contributed by atoms with van der Waals surface area (Å²) in [6.07, 6.45) is 7.68. The molecule has 0 fully saturated rings. The van der Waals surface area contributed by atoms with E-state index in [1.54, 1.807) is 12.4 Å². The van der Waals surface area contributed by atoms with Crippen LogP contribution < -0.4 is 0 Å². The van der Waals surface area contributed by atoms with Crippen LogP contribution in [0, 0.1) is 0 Å². The molecule has 0 aromatic heterocycles. The molecule has 0 saturated carbocycles. The van der Waals surface area contributed by atoms with Crippen LogP contribution in [-0.4, -0.2) is 30.8 Å². The van der Waals surface area contributed by atoms with Crippen molar-refractivity contribution in [3.8, 4) is 0 Å². The van der Waals surface area contributed by atoms with E-state index in [4.69, 9.17) is 9.47 Å². The van der Waals surface area contributed by atoms with Crippen LogP contribution in [0.2, 0.25) is 0 Å². The average molecular weight is 197 g/mol. The number of rotatable bonds is 4. The van der Waals surface area contributed by atoms with E-state index in [1.807, 2.05) is 19.1 Å². The summed E-state index contributed by atoms with van der Waals surface area (Å²) < 4.78 is 9.98. The highest BCUT2D eigenvalue weighted by atomic mass is 16.6. The highest BCUT2D eigenvalue weighted by Gasteiger charge is 2.09. The third-order valence-corrected chi connectivity index (χ3v) is 1.67. The van der Waals surface area contributed by atoms with Crippen LogP contribution in [0.25, 0.3) is 0 Å². The van der Waals surface area contributed by atoms with Crippen molar-refractivity contribution in [1.29, 1.82) is 0 Å². The molecule has 0 N–H and O–H groups in total. The topological polar surface area (TPSA) is 38.8 Å². The van der Waals surface area contributed by atoms with E-state index in [0.29, 0.717) is 19.8 Å². The Bertz CT molecular complexity index is 224. The Hall–Kier alpha value is -1.29. The normalized spacial score (nSPS) is 14.5. The molecule has 0 bridgehead atoms. The first-order valence-corrected chi connectivity index (χ1v) is 4.70. The number of amides is 1. The minimum absolute atomic E-state index is 0.296. The van der Waals surface area contributed by atoms with E-state index in [2.05, 4.69) is 0 Å². The minimum atomic E-state index is -0.364. The van der Waals surface area contributed by atoms with Crippen molar-refractivity contribution in [3.63, 3.8) is 0 Å². The van der Waals surface area contributed by atoms with Crippen molar-refractivity contribution >= 4 is 6.09 Å². The molecule has 0 unspecified atom stereocenters. The second kappa shape index (κ2) is 6.21. The number of hydrogen-bond acceptors (Lipinski definition) is 3.